The molecule has 7 heteroatoms. The lowest BCUT2D eigenvalue weighted by atomic mass is 10.2. The first kappa shape index (κ1) is 15.0. The molecule has 1 heterocycles. The van der Waals surface area contributed by atoms with Gasteiger partial charge in [0.1, 0.15) is 4.88 Å². The Morgan fingerprint density at radius 1 is 1.48 bits per heavy atom. The number of aromatic hydroxyl groups is 1. The molecule has 2 aromatic rings. The predicted octanol–water partition coefficient (Wildman–Crippen LogP) is 2.24. The van der Waals surface area contributed by atoms with E-state index in [2.05, 4.69) is 15.5 Å². The van der Waals surface area contributed by atoms with Gasteiger partial charge in [0, 0.05) is 5.56 Å². The van der Waals surface area contributed by atoms with Crippen LogP contribution in [0.3, 0.4) is 0 Å². The molecular weight excluding hydrogens is 290 g/mol. The summed E-state index contributed by atoms with van der Waals surface area (Å²) < 4.78 is 5.00. The van der Waals surface area contributed by atoms with E-state index < -0.39 is 0 Å². The number of hydrogen-bond donors (Lipinski definition) is 2. The predicted molar refractivity (Wildman–Crippen MR) is 81.3 cm³/mol. The van der Waals surface area contributed by atoms with Crippen LogP contribution in [0.1, 0.15) is 25.9 Å². The van der Waals surface area contributed by atoms with Crippen molar-refractivity contribution < 1.29 is 14.6 Å². The average molecular weight is 305 g/mol. The van der Waals surface area contributed by atoms with Crippen molar-refractivity contribution in [1.82, 2.24) is 10.4 Å². The van der Waals surface area contributed by atoms with E-state index >= 15 is 0 Å². The van der Waals surface area contributed by atoms with Crippen molar-refractivity contribution in [2.24, 2.45) is 5.10 Å². The largest absolute Gasteiger partial charge is 0.504 e. The second kappa shape index (κ2) is 6.36. The first-order chi connectivity index (χ1) is 10.0. The molecule has 0 radical (unpaired) electrons. The molecule has 21 heavy (non-hydrogen) atoms. The molecule has 0 fully saturated rings. The van der Waals surface area contributed by atoms with E-state index in [1.807, 2.05) is 6.92 Å². The molecular formula is C14H15N3O3S. The van der Waals surface area contributed by atoms with Crippen LogP contribution < -0.4 is 10.2 Å². The SMILES string of the molecule is COc1cccc(/C=N/NC(=O)c2sc(C)nc2C)c1O. The number of phenols is 1. The fourth-order valence-electron chi connectivity index (χ4n) is 1.76. The van der Waals surface area contributed by atoms with Gasteiger partial charge in [0.25, 0.3) is 5.91 Å². The van der Waals surface area contributed by atoms with Crippen LogP contribution in [0.2, 0.25) is 0 Å². The number of nitrogens with zero attached hydrogens (tertiary/aromatic N) is 2. The topological polar surface area (TPSA) is 83.8 Å². The molecule has 0 saturated heterocycles. The highest BCUT2D eigenvalue weighted by atomic mass is 32.1. The number of nitrogens with one attached hydrogen (secondary N) is 1. The summed E-state index contributed by atoms with van der Waals surface area (Å²) in [6.45, 7) is 3.61. The number of aryl methyl sites for hydroxylation is 2. The minimum atomic E-state index is -0.322. The number of hydrazone groups is 1. The van der Waals surface area contributed by atoms with Gasteiger partial charge in [-0.25, -0.2) is 10.4 Å². The first-order valence-corrected chi connectivity index (χ1v) is 6.98. The van der Waals surface area contributed by atoms with Crippen molar-refractivity contribution >= 4 is 23.5 Å². The molecule has 0 aliphatic rings. The molecule has 2 rings (SSSR count). The van der Waals surface area contributed by atoms with Gasteiger partial charge in [0.05, 0.1) is 24.0 Å². The maximum Gasteiger partial charge on any atom is 0.283 e. The Bertz CT molecular complexity index is 695. The van der Waals surface area contributed by atoms with Crippen molar-refractivity contribution in [2.45, 2.75) is 13.8 Å². The Balaban J connectivity index is 2.09. The molecule has 0 bridgehead atoms. The molecule has 0 saturated carbocycles. The second-order valence-corrected chi connectivity index (χ2v) is 5.45. The summed E-state index contributed by atoms with van der Waals surface area (Å²) in [4.78, 5) is 16.6. The summed E-state index contributed by atoms with van der Waals surface area (Å²) >= 11 is 1.31. The number of thiazole rings is 1. The summed E-state index contributed by atoms with van der Waals surface area (Å²) in [5, 5.41) is 14.6. The summed E-state index contributed by atoms with van der Waals surface area (Å²) in [7, 11) is 1.46. The number of amides is 1. The number of benzene rings is 1. The van der Waals surface area contributed by atoms with Gasteiger partial charge in [-0.2, -0.15) is 5.10 Å². The Labute approximate surface area is 126 Å². The van der Waals surface area contributed by atoms with Gasteiger partial charge in [0.2, 0.25) is 0 Å². The lowest BCUT2D eigenvalue weighted by Crippen LogP contribution is -2.17. The summed E-state index contributed by atoms with van der Waals surface area (Å²) in [6, 6.07) is 5.02. The molecule has 2 N–H and O–H groups in total. The Kier molecular flexibility index (Phi) is 4.54. The van der Waals surface area contributed by atoms with E-state index in [-0.39, 0.29) is 11.7 Å². The van der Waals surface area contributed by atoms with Crippen molar-refractivity contribution in [2.75, 3.05) is 7.11 Å². The highest BCUT2D eigenvalue weighted by Gasteiger charge is 2.12. The highest BCUT2D eigenvalue weighted by molar-refractivity contribution is 7.13. The number of carbonyl (C=O) groups excluding carboxylic acids is 1. The van der Waals surface area contributed by atoms with Crippen LogP contribution >= 0.6 is 11.3 Å². The quantitative estimate of drug-likeness (QED) is 0.670. The van der Waals surface area contributed by atoms with Crippen LogP contribution in [0.25, 0.3) is 0 Å². The fourth-order valence-corrected chi connectivity index (χ4v) is 2.57. The lowest BCUT2D eigenvalue weighted by Gasteiger charge is -2.04. The molecule has 6 nitrogen and oxygen atoms in total. The molecule has 0 spiro atoms. The van der Waals surface area contributed by atoms with Gasteiger partial charge in [-0.05, 0) is 26.0 Å². The number of para-hydroxylation sites is 1. The molecule has 1 aromatic carbocycles. The van der Waals surface area contributed by atoms with Crippen molar-refractivity contribution in [3.05, 3.63) is 39.3 Å². The van der Waals surface area contributed by atoms with Crippen LogP contribution in [0.5, 0.6) is 11.5 Å². The molecule has 0 aliphatic heterocycles. The van der Waals surface area contributed by atoms with E-state index in [1.165, 1.54) is 24.7 Å². The fraction of sp³-hybridized carbons (Fsp3) is 0.214. The van der Waals surface area contributed by atoms with E-state index in [9.17, 15) is 9.90 Å². The molecule has 1 amide bonds. The average Bonchev–Trinajstić information content (AvgIpc) is 2.79. The Hall–Kier alpha value is -2.41. The Morgan fingerprint density at radius 2 is 2.24 bits per heavy atom. The zero-order valence-corrected chi connectivity index (χ0v) is 12.7. The van der Waals surface area contributed by atoms with Crippen molar-refractivity contribution in [3.8, 4) is 11.5 Å². The van der Waals surface area contributed by atoms with Gasteiger partial charge in [-0.3, -0.25) is 4.79 Å². The normalized spacial score (nSPS) is 10.8. The summed E-state index contributed by atoms with van der Waals surface area (Å²) in [5.74, 6) is -0.00115. The third-order valence-electron chi connectivity index (χ3n) is 2.73. The molecule has 0 aliphatic carbocycles. The van der Waals surface area contributed by atoms with Gasteiger partial charge >= 0.3 is 0 Å². The summed E-state index contributed by atoms with van der Waals surface area (Å²) in [6.07, 6.45) is 1.36. The van der Waals surface area contributed by atoms with Gasteiger partial charge in [-0.1, -0.05) is 6.07 Å². The van der Waals surface area contributed by atoms with Crippen LogP contribution in [-0.2, 0) is 0 Å². The number of carbonyl (C=O) groups is 1. The Morgan fingerprint density at radius 3 is 2.86 bits per heavy atom. The lowest BCUT2D eigenvalue weighted by molar-refractivity contribution is 0.0958. The van der Waals surface area contributed by atoms with Crippen LogP contribution in [0, 0.1) is 13.8 Å². The van der Waals surface area contributed by atoms with E-state index in [0.717, 1.165) is 5.01 Å². The monoisotopic (exact) mass is 305 g/mol. The van der Waals surface area contributed by atoms with E-state index in [0.29, 0.717) is 21.9 Å². The molecule has 0 atom stereocenters. The van der Waals surface area contributed by atoms with E-state index in [1.54, 1.807) is 25.1 Å². The van der Waals surface area contributed by atoms with Gasteiger partial charge in [-0.15, -0.1) is 11.3 Å². The molecule has 110 valence electrons. The second-order valence-electron chi connectivity index (χ2n) is 4.24. The third kappa shape index (κ3) is 3.38. The number of phenolic OH excluding ortho intramolecular Hbond substituents is 1. The minimum absolute atomic E-state index is 0.0252. The molecule has 0 unspecified atom stereocenters. The van der Waals surface area contributed by atoms with Crippen molar-refractivity contribution in [1.29, 1.82) is 0 Å². The number of aromatic nitrogens is 1. The van der Waals surface area contributed by atoms with Gasteiger partial charge < -0.3 is 9.84 Å². The zero-order chi connectivity index (χ0) is 15.4. The van der Waals surface area contributed by atoms with Crippen molar-refractivity contribution in [3.63, 3.8) is 0 Å². The van der Waals surface area contributed by atoms with E-state index in [4.69, 9.17) is 4.74 Å². The number of hydrogen-bond acceptors (Lipinski definition) is 6. The van der Waals surface area contributed by atoms with Crippen LogP contribution in [0.4, 0.5) is 0 Å². The highest BCUT2D eigenvalue weighted by Crippen LogP contribution is 2.27. The number of methoxy groups -OCH3 is 1. The van der Waals surface area contributed by atoms with Crippen LogP contribution in [-0.4, -0.2) is 29.3 Å². The zero-order valence-electron chi connectivity index (χ0n) is 11.9. The van der Waals surface area contributed by atoms with Gasteiger partial charge in [0.15, 0.2) is 11.5 Å². The van der Waals surface area contributed by atoms with Crippen LogP contribution in [0.15, 0.2) is 23.3 Å². The standard InChI is InChI=1S/C14H15N3O3S/c1-8-13(21-9(2)16-8)14(19)17-15-7-10-5-4-6-11(20-3)12(10)18/h4-7,18H,1-3H3,(H,17,19)/b15-7+. The maximum atomic E-state index is 11.9. The first-order valence-electron chi connectivity index (χ1n) is 6.16. The number of rotatable bonds is 4. The smallest absolute Gasteiger partial charge is 0.283 e. The third-order valence-corrected chi connectivity index (χ3v) is 3.80. The molecule has 1 aromatic heterocycles. The number of ether oxygens (including phenoxy) is 1. The maximum absolute atomic E-state index is 11.9. The summed E-state index contributed by atoms with van der Waals surface area (Å²) in [5.41, 5.74) is 3.54. The minimum Gasteiger partial charge on any atom is -0.504 e.